The Labute approximate surface area is 218 Å². The molecule has 5 heteroatoms. The molecule has 0 aliphatic heterocycles. The Morgan fingerprint density at radius 3 is 2.05 bits per heavy atom. The minimum Gasteiger partial charge on any atom is -0.497 e. The Hall–Kier alpha value is -4.09. The summed E-state index contributed by atoms with van der Waals surface area (Å²) in [5, 5.41) is 10.0. The van der Waals surface area contributed by atoms with Crippen molar-refractivity contribution in [3.05, 3.63) is 120 Å². The molecule has 4 aromatic carbocycles. The standard InChI is InChI=1S/C32H33NO4/c1-23(25-13-8-5-9-14-25)33(22-24-11-6-4-7-12-24)31(21-32(34)35)28-17-27(19-30(20-28)37-3)26-15-10-16-29(18-26)36-2/h4-20,23,31H,21-22H2,1-3H3,(H,34,35)/t23-,31?/m1/s1. The summed E-state index contributed by atoms with van der Waals surface area (Å²) in [6.45, 7) is 2.73. The molecule has 0 radical (unpaired) electrons. The first-order chi connectivity index (χ1) is 18.0. The summed E-state index contributed by atoms with van der Waals surface area (Å²) in [6, 6.07) is 33.8. The largest absolute Gasteiger partial charge is 0.497 e. The Bertz CT molecular complexity index is 1310. The molecule has 1 N–H and O–H groups in total. The fourth-order valence-electron chi connectivity index (χ4n) is 4.73. The molecule has 4 aromatic rings. The van der Waals surface area contributed by atoms with Gasteiger partial charge in [0.1, 0.15) is 11.5 Å². The molecule has 4 rings (SSSR count). The summed E-state index contributed by atoms with van der Waals surface area (Å²) in [5.41, 5.74) is 5.05. The van der Waals surface area contributed by atoms with Crippen LogP contribution in [-0.4, -0.2) is 30.2 Å². The molecular weight excluding hydrogens is 462 g/mol. The van der Waals surface area contributed by atoms with Gasteiger partial charge in [0.25, 0.3) is 0 Å². The number of hydrogen-bond donors (Lipinski definition) is 1. The highest BCUT2D eigenvalue weighted by Crippen LogP contribution is 2.38. The zero-order valence-electron chi connectivity index (χ0n) is 21.5. The van der Waals surface area contributed by atoms with Gasteiger partial charge in [-0.1, -0.05) is 72.8 Å². The van der Waals surface area contributed by atoms with Crippen molar-refractivity contribution in [3.63, 3.8) is 0 Å². The maximum atomic E-state index is 12.2. The number of carboxylic acid groups (broad SMARTS) is 1. The average Bonchev–Trinajstić information content (AvgIpc) is 2.95. The number of nitrogens with zero attached hydrogens (tertiary/aromatic N) is 1. The smallest absolute Gasteiger partial charge is 0.305 e. The van der Waals surface area contributed by atoms with Gasteiger partial charge in [-0.2, -0.15) is 0 Å². The number of benzene rings is 4. The van der Waals surface area contributed by atoms with Crippen molar-refractivity contribution < 1.29 is 19.4 Å². The monoisotopic (exact) mass is 495 g/mol. The number of ether oxygens (including phenoxy) is 2. The van der Waals surface area contributed by atoms with Crippen molar-refractivity contribution in [3.8, 4) is 22.6 Å². The van der Waals surface area contributed by atoms with Crippen LogP contribution in [0.2, 0.25) is 0 Å². The molecule has 0 aliphatic rings. The van der Waals surface area contributed by atoms with Crippen LogP contribution in [0, 0.1) is 0 Å². The van der Waals surface area contributed by atoms with E-state index < -0.39 is 12.0 Å². The molecule has 0 bridgehead atoms. The Morgan fingerprint density at radius 1 is 0.757 bits per heavy atom. The van der Waals surface area contributed by atoms with Gasteiger partial charge in [-0.3, -0.25) is 9.69 Å². The lowest BCUT2D eigenvalue weighted by Gasteiger charge is -2.37. The summed E-state index contributed by atoms with van der Waals surface area (Å²) in [7, 11) is 3.28. The highest BCUT2D eigenvalue weighted by molar-refractivity contribution is 5.70. The van der Waals surface area contributed by atoms with E-state index in [1.54, 1.807) is 14.2 Å². The number of aliphatic carboxylic acids is 1. The third kappa shape index (κ3) is 6.57. The van der Waals surface area contributed by atoms with Gasteiger partial charge in [0.2, 0.25) is 0 Å². The summed E-state index contributed by atoms with van der Waals surface area (Å²) in [5.74, 6) is 0.583. The predicted molar refractivity (Wildman–Crippen MR) is 147 cm³/mol. The molecule has 0 fully saturated rings. The van der Waals surface area contributed by atoms with Crippen molar-refractivity contribution >= 4 is 5.97 Å². The van der Waals surface area contributed by atoms with Crippen molar-refractivity contribution in [2.45, 2.75) is 32.0 Å². The molecule has 0 spiro atoms. The summed E-state index contributed by atoms with van der Waals surface area (Å²) in [6.07, 6.45) is -0.0469. The van der Waals surface area contributed by atoms with Gasteiger partial charge in [0, 0.05) is 18.6 Å². The maximum Gasteiger partial charge on any atom is 0.305 e. The zero-order valence-corrected chi connectivity index (χ0v) is 21.5. The second-order valence-electron chi connectivity index (χ2n) is 9.09. The van der Waals surface area contributed by atoms with Crippen LogP contribution < -0.4 is 9.47 Å². The van der Waals surface area contributed by atoms with E-state index in [4.69, 9.17) is 9.47 Å². The normalized spacial score (nSPS) is 12.6. The van der Waals surface area contributed by atoms with Gasteiger partial charge in [-0.25, -0.2) is 0 Å². The van der Waals surface area contributed by atoms with Crippen LogP contribution in [-0.2, 0) is 11.3 Å². The molecule has 0 saturated carbocycles. The quantitative estimate of drug-likeness (QED) is 0.239. The van der Waals surface area contributed by atoms with Gasteiger partial charge >= 0.3 is 5.97 Å². The highest BCUT2D eigenvalue weighted by atomic mass is 16.5. The fourth-order valence-corrected chi connectivity index (χ4v) is 4.73. The first-order valence-corrected chi connectivity index (χ1v) is 12.4. The van der Waals surface area contributed by atoms with Crippen molar-refractivity contribution in [2.24, 2.45) is 0 Å². The Balaban J connectivity index is 1.84. The molecule has 0 heterocycles. The molecule has 0 aromatic heterocycles. The predicted octanol–water partition coefficient (Wildman–Crippen LogP) is 7.15. The van der Waals surface area contributed by atoms with Crippen LogP contribution in [0.4, 0.5) is 0 Å². The molecule has 1 unspecified atom stereocenters. The van der Waals surface area contributed by atoms with Crippen LogP contribution in [0.1, 0.15) is 42.1 Å². The van der Waals surface area contributed by atoms with Crippen LogP contribution in [0.5, 0.6) is 11.5 Å². The molecule has 5 nitrogen and oxygen atoms in total. The Morgan fingerprint density at radius 2 is 1.41 bits per heavy atom. The van der Waals surface area contributed by atoms with Gasteiger partial charge < -0.3 is 14.6 Å². The molecule has 37 heavy (non-hydrogen) atoms. The average molecular weight is 496 g/mol. The van der Waals surface area contributed by atoms with Crippen molar-refractivity contribution in [1.29, 1.82) is 0 Å². The maximum absolute atomic E-state index is 12.2. The highest BCUT2D eigenvalue weighted by Gasteiger charge is 2.29. The zero-order chi connectivity index (χ0) is 26.2. The minimum absolute atomic E-state index is 0.0303. The lowest BCUT2D eigenvalue weighted by atomic mass is 9.93. The first-order valence-electron chi connectivity index (χ1n) is 12.4. The van der Waals surface area contributed by atoms with E-state index in [2.05, 4.69) is 42.2 Å². The van der Waals surface area contributed by atoms with E-state index >= 15 is 0 Å². The minimum atomic E-state index is -0.853. The summed E-state index contributed by atoms with van der Waals surface area (Å²) >= 11 is 0. The lowest BCUT2D eigenvalue weighted by molar-refractivity contribution is -0.138. The Kier molecular flexibility index (Phi) is 8.60. The van der Waals surface area contributed by atoms with Crippen LogP contribution in [0.15, 0.2) is 103 Å². The summed E-state index contributed by atoms with van der Waals surface area (Å²) < 4.78 is 11.1. The number of carbonyl (C=O) groups is 1. The summed E-state index contributed by atoms with van der Waals surface area (Å²) in [4.78, 5) is 14.5. The van der Waals surface area contributed by atoms with E-state index in [1.165, 1.54) is 0 Å². The molecule has 190 valence electrons. The van der Waals surface area contributed by atoms with Gasteiger partial charge in [0.05, 0.1) is 20.6 Å². The molecule has 0 saturated heterocycles. The van der Waals surface area contributed by atoms with E-state index in [9.17, 15) is 9.90 Å². The number of hydrogen-bond acceptors (Lipinski definition) is 4. The molecule has 0 amide bonds. The third-order valence-electron chi connectivity index (χ3n) is 6.71. The number of carboxylic acids is 1. The van der Waals surface area contributed by atoms with Gasteiger partial charge in [-0.05, 0) is 65.1 Å². The second-order valence-corrected chi connectivity index (χ2v) is 9.09. The second kappa shape index (κ2) is 12.2. The number of rotatable bonds is 11. The molecule has 0 aliphatic carbocycles. The lowest BCUT2D eigenvalue weighted by Crippen LogP contribution is -2.32. The van der Waals surface area contributed by atoms with E-state index in [0.29, 0.717) is 12.3 Å². The fraction of sp³-hybridized carbons (Fsp3) is 0.219. The van der Waals surface area contributed by atoms with Crippen LogP contribution in [0.25, 0.3) is 11.1 Å². The SMILES string of the molecule is COc1cccc(-c2cc(OC)cc(C(CC(=O)O)N(Cc3ccccc3)[C@H](C)c3ccccc3)c2)c1. The van der Waals surface area contributed by atoms with Crippen molar-refractivity contribution in [2.75, 3.05) is 14.2 Å². The van der Waals surface area contributed by atoms with Crippen LogP contribution >= 0.6 is 0 Å². The van der Waals surface area contributed by atoms with E-state index in [0.717, 1.165) is 33.6 Å². The van der Waals surface area contributed by atoms with Gasteiger partial charge in [0.15, 0.2) is 0 Å². The topological polar surface area (TPSA) is 59.0 Å². The number of methoxy groups -OCH3 is 2. The molecule has 2 atom stereocenters. The van der Waals surface area contributed by atoms with Crippen LogP contribution in [0.3, 0.4) is 0 Å². The van der Waals surface area contributed by atoms with Crippen molar-refractivity contribution in [1.82, 2.24) is 4.90 Å². The van der Waals surface area contributed by atoms with Gasteiger partial charge in [-0.15, -0.1) is 0 Å². The third-order valence-corrected chi connectivity index (χ3v) is 6.71. The first kappa shape index (κ1) is 26.0. The van der Waals surface area contributed by atoms with E-state index in [1.807, 2.05) is 72.8 Å². The molecular formula is C32H33NO4. The van der Waals surface area contributed by atoms with E-state index in [-0.39, 0.29) is 12.5 Å².